The van der Waals surface area contributed by atoms with E-state index in [1.807, 2.05) is 6.07 Å². The highest BCUT2D eigenvalue weighted by molar-refractivity contribution is 5.21. The van der Waals surface area contributed by atoms with Crippen molar-refractivity contribution in [3.05, 3.63) is 51.6 Å². The Morgan fingerprint density at radius 3 is 2.71 bits per heavy atom. The van der Waals surface area contributed by atoms with E-state index in [-0.39, 0.29) is 11.2 Å². The molecule has 1 aromatic heterocycles. The number of hydrogen-bond acceptors (Lipinski definition) is 3. The Labute approximate surface area is 145 Å². The fourth-order valence-corrected chi connectivity index (χ4v) is 3.41. The van der Waals surface area contributed by atoms with Crippen molar-refractivity contribution in [3.63, 3.8) is 0 Å². The molecule has 0 bridgehead atoms. The largest absolute Gasteiger partial charge is 0.487 e. The predicted octanol–water partition coefficient (Wildman–Crippen LogP) is 5.58. The van der Waals surface area contributed by atoms with E-state index in [4.69, 9.17) is 9.15 Å². The monoisotopic (exact) mass is 330 g/mol. The average Bonchev–Trinajstić information content (AvgIpc) is 2.46. The second-order valence-corrected chi connectivity index (χ2v) is 7.48. The van der Waals surface area contributed by atoms with Crippen molar-refractivity contribution in [2.75, 3.05) is 0 Å². The molecule has 1 aliphatic rings. The van der Waals surface area contributed by atoms with Gasteiger partial charge in [0.25, 0.3) is 0 Å². The highest BCUT2D eigenvalue weighted by Crippen LogP contribution is 2.38. The summed E-state index contributed by atoms with van der Waals surface area (Å²) in [6.07, 6.45) is 9.82. The van der Waals surface area contributed by atoms with E-state index in [0.29, 0.717) is 17.4 Å². The van der Waals surface area contributed by atoms with E-state index in [1.165, 1.54) is 17.2 Å². The number of rotatable bonds is 6. The van der Waals surface area contributed by atoms with Gasteiger partial charge in [0.05, 0.1) is 6.07 Å². The standard InChI is InChI=1S/C21H30O3/c1-15(2)7-6-12-21(5,18-10-8-16(3)9-11-18)24-19-13-17(4)23-20(22)14-19/h7-8,13-14,18H,6,9-12H2,1-5H3/t18-,21-/m1/s1. The van der Waals surface area contributed by atoms with Gasteiger partial charge >= 0.3 is 5.63 Å². The van der Waals surface area contributed by atoms with Crippen LogP contribution in [0.5, 0.6) is 5.75 Å². The molecule has 0 fully saturated rings. The summed E-state index contributed by atoms with van der Waals surface area (Å²) in [4.78, 5) is 11.7. The van der Waals surface area contributed by atoms with Gasteiger partial charge in [-0.2, -0.15) is 0 Å². The predicted molar refractivity (Wildman–Crippen MR) is 98.5 cm³/mol. The summed E-state index contributed by atoms with van der Waals surface area (Å²) < 4.78 is 11.5. The molecule has 0 saturated carbocycles. The Balaban J connectivity index is 2.24. The SMILES string of the molecule is CC(C)=CCC[C@@](C)(Oc1cc(C)oc(=O)c1)[C@@H]1CC=C(C)CC1. The van der Waals surface area contributed by atoms with Crippen molar-refractivity contribution >= 4 is 0 Å². The second kappa shape index (κ2) is 7.87. The van der Waals surface area contributed by atoms with Crippen LogP contribution >= 0.6 is 0 Å². The van der Waals surface area contributed by atoms with Crippen LogP contribution in [0.4, 0.5) is 0 Å². The first kappa shape index (κ1) is 18.6. The third-order valence-electron chi connectivity index (χ3n) is 4.91. The Kier molecular flexibility index (Phi) is 6.09. The van der Waals surface area contributed by atoms with Crippen molar-refractivity contribution in [2.24, 2.45) is 5.92 Å². The average molecular weight is 330 g/mol. The highest BCUT2D eigenvalue weighted by atomic mass is 16.5. The lowest BCUT2D eigenvalue weighted by Gasteiger charge is -2.39. The minimum atomic E-state index is -0.351. The van der Waals surface area contributed by atoms with Gasteiger partial charge in [0, 0.05) is 12.0 Å². The van der Waals surface area contributed by atoms with E-state index in [1.54, 1.807) is 6.92 Å². The fraction of sp³-hybridized carbons (Fsp3) is 0.571. The minimum Gasteiger partial charge on any atom is -0.487 e. The van der Waals surface area contributed by atoms with Crippen LogP contribution in [0.25, 0.3) is 0 Å². The molecule has 0 unspecified atom stereocenters. The van der Waals surface area contributed by atoms with Crippen LogP contribution in [-0.2, 0) is 0 Å². The van der Waals surface area contributed by atoms with Gasteiger partial charge in [0.1, 0.15) is 17.1 Å². The van der Waals surface area contributed by atoms with Crippen molar-refractivity contribution < 1.29 is 9.15 Å². The molecule has 0 aliphatic heterocycles. The molecule has 0 N–H and O–H groups in total. The zero-order valence-electron chi connectivity index (χ0n) is 15.6. The number of hydrogen-bond donors (Lipinski definition) is 0. The van der Waals surface area contributed by atoms with Gasteiger partial charge in [-0.25, -0.2) is 4.79 Å². The lowest BCUT2D eigenvalue weighted by molar-refractivity contribution is 0.0125. The second-order valence-electron chi connectivity index (χ2n) is 7.48. The van der Waals surface area contributed by atoms with Gasteiger partial charge in [0.15, 0.2) is 0 Å². The molecule has 2 rings (SSSR count). The van der Waals surface area contributed by atoms with Crippen molar-refractivity contribution in [2.45, 2.75) is 72.3 Å². The Hall–Kier alpha value is -1.77. The molecule has 3 heteroatoms. The van der Waals surface area contributed by atoms with Crippen LogP contribution in [-0.4, -0.2) is 5.60 Å². The van der Waals surface area contributed by atoms with Crippen molar-refractivity contribution in [1.82, 2.24) is 0 Å². The van der Waals surface area contributed by atoms with Crippen LogP contribution in [0.2, 0.25) is 0 Å². The molecular weight excluding hydrogens is 300 g/mol. The number of allylic oxidation sites excluding steroid dienone is 4. The molecule has 1 aromatic rings. The highest BCUT2D eigenvalue weighted by Gasteiger charge is 2.36. The Bertz CT molecular complexity index is 677. The van der Waals surface area contributed by atoms with Crippen LogP contribution < -0.4 is 10.4 Å². The Morgan fingerprint density at radius 1 is 1.38 bits per heavy atom. The maximum Gasteiger partial charge on any atom is 0.339 e. The van der Waals surface area contributed by atoms with E-state index in [0.717, 1.165) is 32.1 Å². The lowest BCUT2D eigenvalue weighted by Crippen LogP contribution is -2.41. The van der Waals surface area contributed by atoms with Crippen LogP contribution in [0.15, 0.2) is 44.6 Å². The number of aryl methyl sites for hydroxylation is 1. The summed E-state index contributed by atoms with van der Waals surface area (Å²) in [5.41, 5.74) is 2.15. The zero-order valence-corrected chi connectivity index (χ0v) is 15.6. The van der Waals surface area contributed by atoms with Gasteiger partial charge in [0.2, 0.25) is 0 Å². The fourth-order valence-electron chi connectivity index (χ4n) is 3.41. The minimum absolute atomic E-state index is 0.288. The van der Waals surface area contributed by atoms with E-state index >= 15 is 0 Å². The third-order valence-corrected chi connectivity index (χ3v) is 4.91. The van der Waals surface area contributed by atoms with E-state index in [2.05, 4.69) is 39.8 Å². The molecule has 132 valence electrons. The van der Waals surface area contributed by atoms with Gasteiger partial charge < -0.3 is 9.15 Å². The molecule has 3 nitrogen and oxygen atoms in total. The molecule has 1 heterocycles. The summed E-state index contributed by atoms with van der Waals surface area (Å²) >= 11 is 0. The maximum absolute atomic E-state index is 11.7. The maximum atomic E-state index is 11.7. The third kappa shape index (κ3) is 5.12. The van der Waals surface area contributed by atoms with E-state index in [9.17, 15) is 4.79 Å². The summed E-state index contributed by atoms with van der Waals surface area (Å²) in [6.45, 7) is 10.4. The first-order valence-corrected chi connectivity index (χ1v) is 8.88. The molecule has 24 heavy (non-hydrogen) atoms. The summed E-state index contributed by atoms with van der Waals surface area (Å²) in [6, 6.07) is 3.26. The van der Waals surface area contributed by atoms with Crippen molar-refractivity contribution in [3.8, 4) is 5.75 Å². The molecule has 2 atom stereocenters. The molecule has 0 radical (unpaired) electrons. The number of ether oxygens (including phenoxy) is 1. The van der Waals surface area contributed by atoms with Crippen molar-refractivity contribution in [1.29, 1.82) is 0 Å². The van der Waals surface area contributed by atoms with Crippen LogP contribution in [0.1, 0.15) is 65.6 Å². The van der Waals surface area contributed by atoms with Crippen LogP contribution in [0.3, 0.4) is 0 Å². The smallest absolute Gasteiger partial charge is 0.339 e. The summed E-state index contributed by atoms with van der Waals surface area (Å²) in [5, 5.41) is 0. The molecule has 0 amide bonds. The first-order valence-electron chi connectivity index (χ1n) is 8.88. The van der Waals surface area contributed by atoms with Gasteiger partial charge in [-0.15, -0.1) is 0 Å². The summed E-state index contributed by atoms with van der Waals surface area (Å²) in [7, 11) is 0. The normalized spacial score (nSPS) is 20.0. The topological polar surface area (TPSA) is 39.4 Å². The molecule has 0 saturated heterocycles. The zero-order chi connectivity index (χ0) is 17.7. The first-order chi connectivity index (χ1) is 11.3. The quantitative estimate of drug-likeness (QED) is 0.639. The molecular formula is C21H30O3. The Morgan fingerprint density at radius 2 is 2.12 bits per heavy atom. The van der Waals surface area contributed by atoms with Crippen LogP contribution in [0, 0.1) is 12.8 Å². The van der Waals surface area contributed by atoms with Gasteiger partial charge in [-0.3, -0.25) is 0 Å². The molecule has 0 spiro atoms. The molecule has 1 aliphatic carbocycles. The van der Waals surface area contributed by atoms with Gasteiger partial charge in [-0.1, -0.05) is 23.3 Å². The summed E-state index contributed by atoms with van der Waals surface area (Å²) in [5.74, 6) is 1.66. The van der Waals surface area contributed by atoms with E-state index < -0.39 is 0 Å². The van der Waals surface area contributed by atoms with Gasteiger partial charge in [-0.05, 0) is 66.7 Å². The lowest BCUT2D eigenvalue weighted by atomic mass is 9.76. The molecule has 0 aromatic carbocycles.